The number of halogens is 3. The van der Waals surface area contributed by atoms with Crippen molar-refractivity contribution in [2.24, 2.45) is 0 Å². The maximum Gasteiger partial charge on any atom is 0.259 e. The molecule has 0 rings (SSSR count). The van der Waals surface area contributed by atoms with Gasteiger partial charge in [-0.1, -0.05) is 34.8 Å². The average molecular weight is 211 g/mol. The molecule has 0 bridgehead atoms. The van der Waals surface area contributed by atoms with Gasteiger partial charge in [-0.05, 0) is 0 Å². The molecule has 2 nitrogen and oxygen atoms in total. The van der Waals surface area contributed by atoms with Crippen molar-refractivity contribution in [3.8, 4) is 0 Å². The van der Waals surface area contributed by atoms with Gasteiger partial charge in [0.15, 0.2) is 0 Å². The predicted molar refractivity (Wildman–Crippen MR) is 41.2 cm³/mol. The highest BCUT2D eigenvalue weighted by Gasteiger charge is 2.34. The summed E-state index contributed by atoms with van der Waals surface area (Å²) in [6, 6.07) is 0. The quantitative estimate of drug-likeness (QED) is 0.516. The van der Waals surface area contributed by atoms with Crippen molar-refractivity contribution in [2.75, 3.05) is 14.2 Å². The van der Waals surface area contributed by atoms with Crippen LogP contribution in [0, 0.1) is 0 Å². The maximum atomic E-state index is 5.41. The summed E-state index contributed by atoms with van der Waals surface area (Å²) in [5, 5.41) is 0. The van der Waals surface area contributed by atoms with Crippen LogP contribution in [0.4, 0.5) is 0 Å². The molecule has 56 valence electrons. The lowest BCUT2D eigenvalue weighted by molar-refractivity contribution is 0.340. The van der Waals surface area contributed by atoms with Crippen LogP contribution in [0.15, 0.2) is 0 Å². The van der Waals surface area contributed by atoms with E-state index < -0.39 is 11.9 Å². The van der Waals surface area contributed by atoms with Crippen LogP contribution in [0.5, 0.6) is 0 Å². The van der Waals surface area contributed by atoms with Crippen LogP contribution in [-0.4, -0.2) is 17.8 Å². The van der Waals surface area contributed by atoms with Gasteiger partial charge in [-0.2, -0.15) is 0 Å². The van der Waals surface area contributed by atoms with Crippen molar-refractivity contribution in [2.45, 2.75) is 3.53 Å². The molecule has 0 amide bonds. The Balaban J connectivity index is 3.79. The minimum atomic E-state index is -1.45. The van der Waals surface area contributed by atoms with Crippen LogP contribution >= 0.6 is 43.2 Å². The Kier molecular flexibility index (Phi) is 4.74. The second kappa shape index (κ2) is 4.17. The minimum absolute atomic E-state index is 1.40. The molecule has 0 aromatic rings. The molecule has 6 heteroatoms. The molecule has 0 aliphatic rings. The van der Waals surface area contributed by atoms with Crippen molar-refractivity contribution in [3.63, 3.8) is 0 Å². The molecule has 0 fully saturated rings. The fraction of sp³-hybridized carbons (Fsp3) is 1.00. The molecule has 0 N–H and O–H groups in total. The van der Waals surface area contributed by atoms with Gasteiger partial charge < -0.3 is 9.05 Å². The highest BCUT2D eigenvalue weighted by molar-refractivity contribution is 7.57. The van der Waals surface area contributed by atoms with Gasteiger partial charge in [0, 0.05) is 14.2 Å². The highest BCUT2D eigenvalue weighted by atomic mass is 35.6. The molecule has 0 aliphatic carbocycles. The lowest BCUT2D eigenvalue weighted by atomic mass is 11.8. The zero-order chi connectivity index (χ0) is 7.49. The van der Waals surface area contributed by atoms with Crippen LogP contribution in [0.25, 0.3) is 0 Å². The van der Waals surface area contributed by atoms with E-state index in [9.17, 15) is 0 Å². The number of hydrogen-bond donors (Lipinski definition) is 0. The molecule has 0 saturated carbocycles. The second-order valence-electron chi connectivity index (χ2n) is 1.09. The average Bonchev–Trinajstić information content (AvgIpc) is 1.65. The minimum Gasteiger partial charge on any atom is -0.334 e. The first kappa shape index (κ1) is 10.2. The van der Waals surface area contributed by atoms with Gasteiger partial charge in [-0.25, -0.2) is 0 Å². The van der Waals surface area contributed by atoms with Crippen molar-refractivity contribution < 1.29 is 9.05 Å². The molecule has 0 heterocycles. The first-order chi connectivity index (χ1) is 4.02. The first-order valence-electron chi connectivity index (χ1n) is 1.97. The molecular formula is C3H6Cl3O2P. The molecule has 0 radical (unpaired) electrons. The monoisotopic (exact) mass is 210 g/mol. The topological polar surface area (TPSA) is 18.5 Å². The molecule has 0 aromatic carbocycles. The Morgan fingerprint density at radius 2 is 1.44 bits per heavy atom. The second-order valence-corrected chi connectivity index (χ2v) is 6.08. The largest absolute Gasteiger partial charge is 0.334 e. The van der Waals surface area contributed by atoms with E-state index in [2.05, 4.69) is 0 Å². The first-order valence-corrected chi connectivity index (χ1v) is 4.28. The smallest absolute Gasteiger partial charge is 0.259 e. The highest BCUT2D eigenvalue weighted by Crippen LogP contribution is 2.58. The zero-order valence-corrected chi connectivity index (χ0v) is 8.06. The van der Waals surface area contributed by atoms with Crippen LogP contribution in [-0.2, 0) is 9.05 Å². The molecule has 0 aliphatic heterocycles. The van der Waals surface area contributed by atoms with Crippen molar-refractivity contribution in [3.05, 3.63) is 0 Å². The van der Waals surface area contributed by atoms with Crippen LogP contribution in [0.3, 0.4) is 0 Å². The summed E-state index contributed by atoms with van der Waals surface area (Å²) in [7, 11) is 1.45. The van der Waals surface area contributed by atoms with E-state index in [4.69, 9.17) is 43.9 Å². The number of hydrogen-bond acceptors (Lipinski definition) is 2. The Hall–Kier alpha value is 1.22. The Labute approximate surface area is 70.3 Å². The lowest BCUT2D eigenvalue weighted by Gasteiger charge is -2.18. The fourth-order valence-electron chi connectivity index (χ4n) is 0.282. The van der Waals surface area contributed by atoms with E-state index >= 15 is 0 Å². The third kappa shape index (κ3) is 3.82. The fourth-order valence-corrected chi connectivity index (χ4v) is 2.09. The van der Waals surface area contributed by atoms with E-state index in [-0.39, 0.29) is 0 Å². The van der Waals surface area contributed by atoms with Crippen molar-refractivity contribution >= 4 is 43.2 Å². The predicted octanol–water partition coefficient (Wildman–Crippen LogP) is 2.92. The molecule has 9 heavy (non-hydrogen) atoms. The molecule has 0 spiro atoms. The summed E-state index contributed by atoms with van der Waals surface area (Å²) in [4.78, 5) is 0. The lowest BCUT2D eigenvalue weighted by Crippen LogP contribution is -2.01. The summed E-state index contributed by atoms with van der Waals surface area (Å²) in [5.74, 6) is 0. The van der Waals surface area contributed by atoms with Gasteiger partial charge in [0.25, 0.3) is 3.53 Å². The standard InChI is InChI=1S/C3H6Cl3O2P/c1-7-9(8-2)3(4,5)6/h1-2H3. The van der Waals surface area contributed by atoms with Gasteiger partial charge in [0.1, 0.15) is 0 Å². The van der Waals surface area contributed by atoms with Crippen molar-refractivity contribution in [1.29, 1.82) is 0 Å². The molecular weight excluding hydrogens is 205 g/mol. The summed E-state index contributed by atoms with van der Waals surface area (Å²) in [6.07, 6.45) is 0. The molecule has 0 atom stereocenters. The SMILES string of the molecule is COP(OC)C(Cl)(Cl)Cl. The van der Waals surface area contributed by atoms with Gasteiger partial charge in [-0.3, -0.25) is 0 Å². The summed E-state index contributed by atoms with van der Waals surface area (Å²) >= 11 is 16.2. The third-order valence-corrected chi connectivity index (χ3v) is 2.86. The van der Waals surface area contributed by atoms with Crippen LogP contribution in [0.2, 0.25) is 0 Å². The van der Waals surface area contributed by atoms with E-state index in [0.717, 1.165) is 0 Å². The van der Waals surface area contributed by atoms with Crippen LogP contribution < -0.4 is 0 Å². The van der Waals surface area contributed by atoms with Crippen LogP contribution in [0.1, 0.15) is 0 Å². The van der Waals surface area contributed by atoms with Gasteiger partial charge >= 0.3 is 0 Å². The van der Waals surface area contributed by atoms with Gasteiger partial charge in [0.2, 0.25) is 8.38 Å². The summed E-state index contributed by atoms with van der Waals surface area (Å²) < 4.78 is 7.98. The van der Waals surface area contributed by atoms with Crippen molar-refractivity contribution in [1.82, 2.24) is 0 Å². The molecule has 0 saturated heterocycles. The molecule has 0 aromatic heterocycles. The maximum absolute atomic E-state index is 5.41. The zero-order valence-electron chi connectivity index (χ0n) is 4.90. The van der Waals surface area contributed by atoms with Gasteiger partial charge in [-0.15, -0.1) is 0 Å². The Morgan fingerprint density at radius 1 is 1.11 bits per heavy atom. The Morgan fingerprint density at radius 3 is 1.44 bits per heavy atom. The van der Waals surface area contributed by atoms with Gasteiger partial charge in [0.05, 0.1) is 0 Å². The van der Waals surface area contributed by atoms with E-state index in [1.807, 2.05) is 0 Å². The van der Waals surface area contributed by atoms with E-state index in [1.165, 1.54) is 14.2 Å². The summed E-state index contributed by atoms with van der Waals surface area (Å²) in [6.45, 7) is 0. The summed E-state index contributed by atoms with van der Waals surface area (Å²) in [5.41, 5.74) is 0. The Bertz CT molecular complexity index is 79.6. The normalized spacial score (nSPS) is 12.7. The number of rotatable bonds is 2. The molecule has 0 unspecified atom stereocenters. The van der Waals surface area contributed by atoms with E-state index in [0.29, 0.717) is 0 Å². The number of alkyl halides is 3. The van der Waals surface area contributed by atoms with E-state index in [1.54, 1.807) is 0 Å². The third-order valence-electron chi connectivity index (χ3n) is 0.539.